The first-order valence-electron chi connectivity index (χ1n) is 11.2. The second-order valence-corrected chi connectivity index (χ2v) is 9.86. The van der Waals surface area contributed by atoms with Gasteiger partial charge < -0.3 is 14.2 Å². The second-order valence-electron chi connectivity index (χ2n) is 9.86. The molecule has 5 unspecified atom stereocenters. The third-order valence-electron chi connectivity index (χ3n) is 8.66. The molecule has 164 valence electrons. The van der Waals surface area contributed by atoms with Gasteiger partial charge in [-0.3, -0.25) is 19.3 Å². The number of rotatable bonds is 4. The summed E-state index contributed by atoms with van der Waals surface area (Å²) in [5, 5.41) is 0. The second kappa shape index (κ2) is 6.24. The van der Waals surface area contributed by atoms with Crippen LogP contribution in [0, 0.1) is 23.2 Å². The summed E-state index contributed by atoms with van der Waals surface area (Å²) in [6.07, 6.45) is 3.87. The minimum atomic E-state index is -1.03. The molecule has 0 N–H and O–H groups in total. The lowest BCUT2D eigenvalue weighted by Crippen LogP contribution is -2.75. The molecule has 2 heterocycles. The van der Waals surface area contributed by atoms with E-state index in [4.69, 9.17) is 14.2 Å². The maximum atomic E-state index is 14.3. The van der Waals surface area contributed by atoms with Crippen LogP contribution >= 0.6 is 0 Å². The van der Waals surface area contributed by atoms with Crippen molar-refractivity contribution in [3.05, 3.63) is 23.8 Å². The number of benzene rings is 1. The van der Waals surface area contributed by atoms with Gasteiger partial charge in [-0.05, 0) is 50.0 Å². The van der Waals surface area contributed by atoms with E-state index >= 15 is 0 Å². The van der Waals surface area contributed by atoms with E-state index in [1.165, 1.54) is 12.0 Å². The zero-order valence-electron chi connectivity index (χ0n) is 17.9. The average molecular weight is 425 g/mol. The number of piperidine rings is 1. The summed E-state index contributed by atoms with van der Waals surface area (Å²) < 4.78 is 17.3. The van der Waals surface area contributed by atoms with Crippen LogP contribution in [0.1, 0.15) is 44.1 Å². The summed E-state index contributed by atoms with van der Waals surface area (Å²) in [7, 11) is 2.97. The van der Waals surface area contributed by atoms with E-state index in [1.54, 1.807) is 7.11 Å². The van der Waals surface area contributed by atoms with Gasteiger partial charge in [0.2, 0.25) is 11.8 Å². The molecule has 2 aliphatic heterocycles. The topological polar surface area (TPSA) is 82.1 Å². The van der Waals surface area contributed by atoms with Crippen LogP contribution in [0.3, 0.4) is 0 Å². The van der Waals surface area contributed by atoms with Crippen molar-refractivity contribution in [1.82, 2.24) is 4.90 Å². The number of amides is 2. The predicted molar refractivity (Wildman–Crippen MR) is 108 cm³/mol. The molecule has 4 saturated carbocycles. The molecule has 4 aliphatic carbocycles. The monoisotopic (exact) mass is 425 g/mol. The normalized spacial score (nSPS) is 37.6. The number of esters is 1. The first-order chi connectivity index (χ1) is 15.0. The van der Waals surface area contributed by atoms with Crippen LogP contribution in [-0.2, 0) is 24.5 Å². The average Bonchev–Trinajstić information content (AvgIpc) is 3.55. The molecule has 0 radical (unpaired) electrons. The first kappa shape index (κ1) is 19.1. The fraction of sp³-hybridized carbons (Fsp3) is 0.625. The van der Waals surface area contributed by atoms with Gasteiger partial charge in [0.05, 0.1) is 31.0 Å². The number of hydrogen-bond donors (Lipinski definition) is 0. The minimum absolute atomic E-state index is 0.0821. The molecule has 6 aliphatic rings. The number of likely N-dealkylation sites (tertiary alicyclic amines) is 1. The Morgan fingerprint density at radius 3 is 2.71 bits per heavy atom. The van der Waals surface area contributed by atoms with E-state index in [1.807, 2.05) is 18.2 Å². The van der Waals surface area contributed by atoms with E-state index in [2.05, 4.69) is 0 Å². The lowest BCUT2D eigenvalue weighted by Gasteiger charge is -2.64. The summed E-state index contributed by atoms with van der Waals surface area (Å²) in [6.45, 7) is 0.462. The molecule has 2 spiro atoms. The van der Waals surface area contributed by atoms with Crippen molar-refractivity contribution >= 4 is 17.8 Å². The maximum Gasteiger partial charge on any atom is 0.309 e. The predicted octanol–water partition coefficient (Wildman–Crippen LogP) is 2.45. The van der Waals surface area contributed by atoms with Crippen molar-refractivity contribution in [2.24, 2.45) is 23.2 Å². The SMILES string of the molecule is COC(=O)C1CC2CCC13C(=O)N(CC1CC1)C(=O)CC31c3cccc(OC)c3OC21. The zero-order chi connectivity index (χ0) is 21.5. The Labute approximate surface area is 181 Å². The lowest BCUT2D eigenvalue weighted by atomic mass is 9.38. The Morgan fingerprint density at radius 2 is 2.00 bits per heavy atom. The number of hydrogen-bond acceptors (Lipinski definition) is 6. The van der Waals surface area contributed by atoms with Gasteiger partial charge in [0.1, 0.15) is 6.10 Å². The summed E-state index contributed by atoms with van der Waals surface area (Å²) >= 11 is 0. The number of ether oxygens (including phenoxy) is 3. The molecule has 1 aromatic carbocycles. The van der Waals surface area contributed by atoms with Gasteiger partial charge in [-0.25, -0.2) is 0 Å². The number of nitrogens with zero attached hydrogens (tertiary/aromatic N) is 1. The fourth-order valence-corrected chi connectivity index (χ4v) is 7.21. The Kier molecular flexibility index (Phi) is 3.85. The van der Waals surface area contributed by atoms with Crippen molar-refractivity contribution < 1.29 is 28.6 Å². The molecular formula is C24H27NO6. The lowest BCUT2D eigenvalue weighted by molar-refractivity contribution is -0.206. The third-order valence-corrected chi connectivity index (χ3v) is 8.66. The highest BCUT2D eigenvalue weighted by Gasteiger charge is 2.79. The highest BCUT2D eigenvalue weighted by atomic mass is 16.5. The van der Waals surface area contributed by atoms with Crippen LogP contribution in [0.4, 0.5) is 0 Å². The number of para-hydroxylation sites is 1. The summed E-state index contributed by atoms with van der Waals surface area (Å²) in [5.41, 5.74) is -1.05. The highest BCUT2D eigenvalue weighted by Crippen LogP contribution is 2.72. The molecule has 7 rings (SSSR count). The summed E-state index contributed by atoms with van der Waals surface area (Å²) in [4.78, 5) is 42.2. The summed E-state index contributed by atoms with van der Waals surface area (Å²) in [5.74, 6) is 0.412. The van der Waals surface area contributed by atoms with Crippen LogP contribution < -0.4 is 9.47 Å². The highest BCUT2D eigenvalue weighted by molar-refractivity contribution is 6.06. The molecule has 5 fully saturated rings. The van der Waals surface area contributed by atoms with Crippen LogP contribution in [-0.4, -0.2) is 49.6 Å². The van der Waals surface area contributed by atoms with Crippen LogP contribution in [0.2, 0.25) is 0 Å². The van der Waals surface area contributed by atoms with E-state index in [9.17, 15) is 14.4 Å². The van der Waals surface area contributed by atoms with Crippen molar-refractivity contribution in [2.45, 2.75) is 50.0 Å². The van der Waals surface area contributed by atoms with Crippen molar-refractivity contribution in [3.63, 3.8) is 0 Å². The van der Waals surface area contributed by atoms with E-state index < -0.39 is 16.7 Å². The first-order valence-corrected chi connectivity index (χ1v) is 11.2. The number of carbonyl (C=O) groups excluding carboxylic acids is 3. The smallest absolute Gasteiger partial charge is 0.309 e. The quantitative estimate of drug-likeness (QED) is 0.544. The Hall–Kier alpha value is -2.57. The van der Waals surface area contributed by atoms with Crippen LogP contribution in [0.15, 0.2) is 18.2 Å². The van der Waals surface area contributed by atoms with Gasteiger partial charge in [0, 0.05) is 18.5 Å². The minimum Gasteiger partial charge on any atom is -0.493 e. The number of carbonyl (C=O) groups is 3. The largest absolute Gasteiger partial charge is 0.493 e. The molecule has 2 bridgehead atoms. The van der Waals surface area contributed by atoms with Crippen molar-refractivity contribution in [1.29, 1.82) is 0 Å². The molecule has 31 heavy (non-hydrogen) atoms. The van der Waals surface area contributed by atoms with Gasteiger partial charge in [0.15, 0.2) is 11.5 Å². The fourth-order valence-electron chi connectivity index (χ4n) is 7.21. The number of fused-ring (bicyclic) bond motifs is 3. The van der Waals surface area contributed by atoms with Gasteiger partial charge in [0.25, 0.3) is 0 Å². The third kappa shape index (κ3) is 2.17. The van der Waals surface area contributed by atoms with Gasteiger partial charge >= 0.3 is 5.97 Å². The Bertz CT molecular complexity index is 1000. The maximum absolute atomic E-state index is 14.3. The Morgan fingerprint density at radius 1 is 1.19 bits per heavy atom. The molecule has 7 heteroatoms. The van der Waals surface area contributed by atoms with E-state index in [-0.39, 0.29) is 36.2 Å². The molecule has 5 atom stereocenters. The molecule has 1 saturated heterocycles. The summed E-state index contributed by atoms with van der Waals surface area (Å²) in [6, 6.07) is 5.67. The van der Waals surface area contributed by atoms with Crippen LogP contribution in [0.25, 0.3) is 0 Å². The molecule has 7 nitrogen and oxygen atoms in total. The zero-order valence-corrected chi connectivity index (χ0v) is 17.9. The van der Waals surface area contributed by atoms with Gasteiger partial charge in [-0.1, -0.05) is 12.1 Å². The van der Waals surface area contributed by atoms with Crippen molar-refractivity contribution in [3.8, 4) is 11.5 Å². The molecule has 1 aromatic rings. The Balaban J connectivity index is 1.59. The van der Waals surface area contributed by atoms with E-state index in [0.29, 0.717) is 36.8 Å². The van der Waals surface area contributed by atoms with E-state index in [0.717, 1.165) is 24.8 Å². The van der Waals surface area contributed by atoms with Gasteiger partial charge in [-0.15, -0.1) is 0 Å². The number of methoxy groups -OCH3 is 2. The van der Waals surface area contributed by atoms with Crippen molar-refractivity contribution in [2.75, 3.05) is 20.8 Å². The number of imide groups is 1. The van der Waals surface area contributed by atoms with Gasteiger partial charge in [-0.2, -0.15) is 0 Å². The molecule has 0 aromatic heterocycles. The molecular weight excluding hydrogens is 398 g/mol. The molecule has 2 amide bonds. The van der Waals surface area contributed by atoms with Crippen LogP contribution in [0.5, 0.6) is 11.5 Å². The standard InChI is InChI=1S/C24H27NO6/c1-29-17-5-3-4-15-19(17)31-20-14-8-9-23(16(10-14)21(27)30-2)22(28)25(12-13-6-7-13)18(26)11-24(15,20)23/h3-5,13-14,16,20H,6-12H2,1-2H3.